The topological polar surface area (TPSA) is 78.3 Å². The van der Waals surface area contributed by atoms with Crippen LogP contribution in [0.4, 0.5) is 0 Å². The van der Waals surface area contributed by atoms with Gasteiger partial charge in [0.25, 0.3) is 5.89 Å². The Morgan fingerprint density at radius 3 is 2.88 bits per heavy atom. The van der Waals surface area contributed by atoms with E-state index in [0.29, 0.717) is 17.4 Å². The Morgan fingerprint density at radius 2 is 1.96 bits per heavy atom. The first-order chi connectivity index (χ1) is 12.8. The third-order valence-electron chi connectivity index (χ3n) is 4.20. The van der Waals surface area contributed by atoms with E-state index in [4.69, 9.17) is 9.26 Å². The van der Waals surface area contributed by atoms with E-state index in [1.807, 2.05) is 59.3 Å². The van der Waals surface area contributed by atoms with Crippen LogP contribution in [0, 0.1) is 0 Å². The van der Waals surface area contributed by atoms with Crippen molar-refractivity contribution in [3.8, 4) is 28.7 Å². The highest BCUT2D eigenvalue weighted by atomic mass is 16.5. The molecule has 1 aromatic carbocycles. The fraction of sp³-hybridized carbons (Fsp3) is 0.0526. The highest BCUT2D eigenvalue weighted by Crippen LogP contribution is 2.25. The molecule has 4 heterocycles. The summed E-state index contributed by atoms with van der Waals surface area (Å²) < 4.78 is 12.6. The average Bonchev–Trinajstić information content (AvgIpc) is 3.36. The molecule has 5 rings (SSSR count). The molecule has 4 aromatic heterocycles. The molecule has 0 aliphatic heterocycles. The maximum Gasteiger partial charge on any atom is 0.258 e. The fourth-order valence-electron chi connectivity index (χ4n) is 2.84. The smallest absolute Gasteiger partial charge is 0.258 e. The Morgan fingerprint density at radius 1 is 1.00 bits per heavy atom. The van der Waals surface area contributed by atoms with Gasteiger partial charge in [0, 0.05) is 29.5 Å². The Hall–Kier alpha value is -3.74. The van der Waals surface area contributed by atoms with Gasteiger partial charge in [-0.05, 0) is 36.4 Å². The van der Waals surface area contributed by atoms with Crippen LogP contribution in [-0.2, 0) is 0 Å². The third kappa shape index (κ3) is 2.37. The molecule has 0 saturated heterocycles. The van der Waals surface area contributed by atoms with Crippen LogP contribution in [0.5, 0.6) is 5.75 Å². The molecule has 0 bridgehead atoms. The van der Waals surface area contributed by atoms with Gasteiger partial charge in [-0.3, -0.25) is 0 Å². The lowest BCUT2D eigenvalue weighted by molar-refractivity contribution is 0.415. The van der Waals surface area contributed by atoms with Crippen LogP contribution in [0.2, 0.25) is 0 Å². The van der Waals surface area contributed by atoms with Crippen LogP contribution < -0.4 is 4.74 Å². The van der Waals surface area contributed by atoms with Gasteiger partial charge in [0.05, 0.1) is 12.6 Å². The van der Waals surface area contributed by atoms with E-state index in [1.165, 1.54) is 0 Å². The summed E-state index contributed by atoms with van der Waals surface area (Å²) in [5, 5.41) is 5.06. The van der Waals surface area contributed by atoms with Gasteiger partial charge < -0.3 is 13.7 Å². The molecule has 7 nitrogen and oxygen atoms in total. The number of fused-ring (bicyclic) bond motifs is 2. The van der Waals surface area contributed by atoms with E-state index >= 15 is 0 Å². The first-order valence-electron chi connectivity index (χ1n) is 8.02. The van der Waals surface area contributed by atoms with Crippen molar-refractivity contribution in [2.24, 2.45) is 0 Å². The van der Waals surface area contributed by atoms with Gasteiger partial charge in [-0.1, -0.05) is 11.2 Å². The summed E-state index contributed by atoms with van der Waals surface area (Å²) in [4.78, 5) is 13.4. The van der Waals surface area contributed by atoms with Crippen LogP contribution in [0.1, 0.15) is 0 Å². The molecule has 7 heteroatoms. The lowest BCUT2D eigenvalue weighted by atomic mass is 10.2. The zero-order valence-electron chi connectivity index (χ0n) is 13.8. The molecule has 0 unspecified atom stereocenters. The number of aromatic nitrogens is 5. The number of methoxy groups -OCH3 is 1. The molecule has 5 aromatic rings. The lowest BCUT2D eigenvalue weighted by Crippen LogP contribution is -1.89. The minimum Gasteiger partial charge on any atom is -0.497 e. The zero-order valence-corrected chi connectivity index (χ0v) is 13.8. The Kier molecular flexibility index (Phi) is 3.18. The molecule has 0 atom stereocenters. The summed E-state index contributed by atoms with van der Waals surface area (Å²) in [5.41, 5.74) is 3.13. The number of hydrogen-bond donors (Lipinski definition) is 0. The predicted molar refractivity (Wildman–Crippen MR) is 95.8 cm³/mol. The molecule has 0 aliphatic rings. The van der Waals surface area contributed by atoms with Crippen molar-refractivity contribution in [3.63, 3.8) is 0 Å². The standard InChI is InChI=1S/C19H13N5O2/c1-25-14-3-5-15-12(10-14)2-4-16(21-15)18-22-19(26-23-18)13-6-8-24-9-7-20-17(24)11-13/h2-11H,1H3. The molecule has 0 aliphatic carbocycles. The second kappa shape index (κ2) is 5.66. The van der Waals surface area contributed by atoms with Gasteiger partial charge >= 0.3 is 0 Å². The second-order valence-corrected chi connectivity index (χ2v) is 5.79. The highest BCUT2D eigenvalue weighted by Gasteiger charge is 2.13. The van der Waals surface area contributed by atoms with Crippen LogP contribution >= 0.6 is 0 Å². The number of nitrogens with zero attached hydrogens (tertiary/aromatic N) is 5. The Labute approximate surface area is 147 Å². The van der Waals surface area contributed by atoms with E-state index in [-0.39, 0.29) is 0 Å². The van der Waals surface area contributed by atoms with E-state index in [1.54, 1.807) is 13.3 Å². The van der Waals surface area contributed by atoms with Crippen LogP contribution in [0.25, 0.3) is 39.5 Å². The number of imidazole rings is 1. The van der Waals surface area contributed by atoms with Crippen LogP contribution in [0.3, 0.4) is 0 Å². The summed E-state index contributed by atoms with van der Waals surface area (Å²) >= 11 is 0. The van der Waals surface area contributed by atoms with Gasteiger partial charge in [0.15, 0.2) is 0 Å². The SMILES string of the molecule is COc1ccc2nc(-c3noc(-c4ccn5ccnc5c4)n3)ccc2c1. The molecule has 0 saturated carbocycles. The van der Waals surface area contributed by atoms with Crippen LogP contribution in [0.15, 0.2) is 65.6 Å². The van der Waals surface area contributed by atoms with Crippen molar-refractivity contribution in [2.75, 3.05) is 7.11 Å². The number of ether oxygens (including phenoxy) is 1. The molecular weight excluding hydrogens is 330 g/mol. The highest BCUT2D eigenvalue weighted by molar-refractivity contribution is 5.82. The van der Waals surface area contributed by atoms with E-state index in [9.17, 15) is 0 Å². The summed E-state index contributed by atoms with van der Waals surface area (Å²) in [6.45, 7) is 0. The van der Waals surface area contributed by atoms with Gasteiger partial charge in [0.1, 0.15) is 17.1 Å². The normalized spacial score (nSPS) is 11.3. The zero-order chi connectivity index (χ0) is 17.5. The largest absolute Gasteiger partial charge is 0.497 e. The van der Waals surface area contributed by atoms with E-state index < -0.39 is 0 Å². The van der Waals surface area contributed by atoms with Crippen molar-refractivity contribution >= 4 is 16.6 Å². The van der Waals surface area contributed by atoms with Crippen molar-refractivity contribution < 1.29 is 9.26 Å². The molecule has 0 radical (unpaired) electrons. The second-order valence-electron chi connectivity index (χ2n) is 5.79. The van der Waals surface area contributed by atoms with Gasteiger partial charge in [0.2, 0.25) is 5.82 Å². The number of hydrogen-bond acceptors (Lipinski definition) is 6. The van der Waals surface area contributed by atoms with Crippen LogP contribution in [-0.4, -0.2) is 31.6 Å². The number of rotatable bonds is 3. The van der Waals surface area contributed by atoms with Crippen molar-refractivity contribution in [2.45, 2.75) is 0 Å². The van der Waals surface area contributed by atoms with Gasteiger partial charge in [-0.25, -0.2) is 9.97 Å². The van der Waals surface area contributed by atoms with Crippen molar-refractivity contribution in [1.29, 1.82) is 0 Å². The predicted octanol–water partition coefficient (Wildman–Crippen LogP) is 3.61. The molecular formula is C19H13N5O2. The van der Waals surface area contributed by atoms with E-state index in [2.05, 4.69) is 20.1 Å². The Bertz CT molecular complexity index is 1240. The first kappa shape index (κ1) is 14.6. The molecule has 26 heavy (non-hydrogen) atoms. The lowest BCUT2D eigenvalue weighted by Gasteiger charge is -2.02. The molecule has 0 spiro atoms. The van der Waals surface area contributed by atoms with Crippen molar-refractivity contribution in [3.05, 3.63) is 61.1 Å². The Balaban J connectivity index is 1.53. The summed E-state index contributed by atoms with van der Waals surface area (Å²) in [6.07, 6.45) is 5.53. The fourth-order valence-corrected chi connectivity index (χ4v) is 2.84. The number of benzene rings is 1. The maximum absolute atomic E-state index is 5.42. The molecule has 126 valence electrons. The van der Waals surface area contributed by atoms with E-state index in [0.717, 1.165) is 27.9 Å². The average molecular weight is 343 g/mol. The quantitative estimate of drug-likeness (QED) is 0.498. The van der Waals surface area contributed by atoms with Crippen molar-refractivity contribution in [1.82, 2.24) is 24.5 Å². The monoisotopic (exact) mass is 343 g/mol. The summed E-state index contributed by atoms with van der Waals surface area (Å²) in [6, 6.07) is 13.4. The summed E-state index contributed by atoms with van der Waals surface area (Å²) in [5.74, 6) is 1.67. The minimum absolute atomic E-state index is 0.433. The maximum atomic E-state index is 5.42. The molecule has 0 N–H and O–H groups in total. The number of pyridine rings is 2. The third-order valence-corrected chi connectivity index (χ3v) is 4.20. The summed E-state index contributed by atoms with van der Waals surface area (Å²) in [7, 11) is 1.64. The molecule has 0 amide bonds. The van der Waals surface area contributed by atoms with Gasteiger partial charge in [-0.15, -0.1) is 0 Å². The first-order valence-corrected chi connectivity index (χ1v) is 8.02. The molecule has 0 fully saturated rings. The minimum atomic E-state index is 0.433. The van der Waals surface area contributed by atoms with Gasteiger partial charge in [-0.2, -0.15) is 4.98 Å².